The molecule has 1 saturated heterocycles. The van der Waals surface area contributed by atoms with Crippen molar-refractivity contribution in [1.29, 1.82) is 0 Å². The van der Waals surface area contributed by atoms with Crippen LogP contribution < -0.4 is 0 Å². The fourth-order valence-corrected chi connectivity index (χ4v) is 7.98. The summed E-state index contributed by atoms with van der Waals surface area (Å²) in [7, 11) is 0. The van der Waals surface area contributed by atoms with Crippen LogP contribution in [0.1, 0.15) is 94.9 Å². The molecule has 7 heteroatoms. The van der Waals surface area contributed by atoms with Gasteiger partial charge < -0.3 is 4.90 Å². The first-order valence-corrected chi connectivity index (χ1v) is 13.3. The number of likely N-dealkylation sites (tertiary alicyclic amines) is 1. The van der Waals surface area contributed by atoms with E-state index in [2.05, 4.69) is 23.7 Å². The van der Waals surface area contributed by atoms with Crippen LogP contribution in [0, 0.1) is 11.3 Å². The third-order valence-electron chi connectivity index (χ3n) is 9.49. The van der Waals surface area contributed by atoms with Crippen LogP contribution in [-0.4, -0.2) is 45.4 Å². The summed E-state index contributed by atoms with van der Waals surface area (Å²) in [5.41, 5.74) is 0.533. The molecule has 0 aromatic carbocycles. The van der Waals surface area contributed by atoms with Crippen LogP contribution in [-0.2, 0) is 23.9 Å². The molecule has 1 aromatic heterocycles. The van der Waals surface area contributed by atoms with Gasteiger partial charge >= 0.3 is 6.18 Å². The summed E-state index contributed by atoms with van der Waals surface area (Å²) in [5.74, 6) is 0.602. The predicted octanol–water partition coefficient (Wildman–Crippen LogP) is 5.98. The third kappa shape index (κ3) is 3.86. The Hall–Kier alpha value is -1.63. The van der Waals surface area contributed by atoms with Gasteiger partial charge in [0.15, 0.2) is 0 Å². The SMILES string of the molecule is CCCC1(CCC)CCN1[C@H]1C[C@H]2CCC[C@@]2(C(=O)N2CCc3ncc(C(F)(F)F)cc3C2)C1. The Morgan fingerprint density at radius 1 is 1.18 bits per heavy atom. The molecule has 2 aliphatic heterocycles. The molecule has 4 aliphatic rings. The van der Waals surface area contributed by atoms with E-state index in [4.69, 9.17) is 0 Å². The third-order valence-corrected chi connectivity index (χ3v) is 9.49. The number of hydrogen-bond donors (Lipinski definition) is 0. The quantitative estimate of drug-likeness (QED) is 0.506. The maximum absolute atomic E-state index is 14.0. The highest BCUT2D eigenvalue weighted by Crippen LogP contribution is 2.58. The fraction of sp³-hybridized carbons (Fsp3) is 0.778. The van der Waals surface area contributed by atoms with E-state index in [-0.39, 0.29) is 17.9 Å². The molecule has 0 unspecified atom stereocenters. The number of rotatable bonds is 6. The van der Waals surface area contributed by atoms with Crippen molar-refractivity contribution in [2.75, 3.05) is 13.1 Å². The molecule has 4 nitrogen and oxygen atoms in total. The molecule has 188 valence electrons. The van der Waals surface area contributed by atoms with Gasteiger partial charge in [0.05, 0.1) is 11.0 Å². The van der Waals surface area contributed by atoms with Gasteiger partial charge in [0.2, 0.25) is 5.91 Å². The van der Waals surface area contributed by atoms with Crippen molar-refractivity contribution in [2.45, 2.75) is 109 Å². The topological polar surface area (TPSA) is 36.4 Å². The van der Waals surface area contributed by atoms with E-state index in [1.807, 2.05) is 4.90 Å². The van der Waals surface area contributed by atoms with Gasteiger partial charge in [-0.2, -0.15) is 13.2 Å². The molecule has 3 heterocycles. The molecule has 34 heavy (non-hydrogen) atoms. The number of fused-ring (bicyclic) bond motifs is 2. The zero-order chi connectivity index (χ0) is 24.1. The summed E-state index contributed by atoms with van der Waals surface area (Å²) < 4.78 is 39.7. The minimum Gasteiger partial charge on any atom is -0.337 e. The molecule has 3 fully saturated rings. The molecule has 2 aliphatic carbocycles. The maximum atomic E-state index is 14.0. The lowest BCUT2D eigenvalue weighted by atomic mass is 9.75. The second-order valence-electron chi connectivity index (χ2n) is 11.3. The number of nitrogens with zero attached hydrogens (tertiary/aromatic N) is 3. The first-order chi connectivity index (χ1) is 16.2. The molecule has 5 rings (SSSR count). The Balaban J connectivity index is 1.35. The van der Waals surface area contributed by atoms with Gasteiger partial charge in [-0.1, -0.05) is 33.1 Å². The lowest BCUT2D eigenvalue weighted by molar-refractivity contribution is -0.145. The Labute approximate surface area is 201 Å². The molecule has 1 aromatic rings. The highest BCUT2D eigenvalue weighted by Gasteiger charge is 2.59. The zero-order valence-corrected chi connectivity index (χ0v) is 20.6. The average molecular weight is 478 g/mol. The lowest BCUT2D eigenvalue weighted by Gasteiger charge is -2.57. The van der Waals surface area contributed by atoms with Crippen LogP contribution >= 0.6 is 0 Å². The predicted molar refractivity (Wildman–Crippen MR) is 125 cm³/mol. The van der Waals surface area contributed by atoms with Crippen molar-refractivity contribution in [1.82, 2.24) is 14.8 Å². The number of pyridine rings is 1. The minimum absolute atomic E-state index is 0.192. The van der Waals surface area contributed by atoms with Crippen molar-refractivity contribution >= 4 is 5.91 Å². The van der Waals surface area contributed by atoms with Gasteiger partial charge in [0.25, 0.3) is 0 Å². The number of carbonyl (C=O) groups is 1. The van der Waals surface area contributed by atoms with Gasteiger partial charge in [-0.3, -0.25) is 14.7 Å². The summed E-state index contributed by atoms with van der Waals surface area (Å²) in [6, 6.07) is 1.67. The first-order valence-electron chi connectivity index (χ1n) is 13.3. The summed E-state index contributed by atoms with van der Waals surface area (Å²) in [6.45, 7) is 6.50. The Bertz CT molecular complexity index is 926. The summed E-state index contributed by atoms with van der Waals surface area (Å²) in [4.78, 5) is 22.7. The Morgan fingerprint density at radius 2 is 1.94 bits per heavy atom. The van der Waals surface area contributed by atoms with E-state index in [1.165, 1.54) is 38.2 Å². The van der Waals surface area contributed by atoms with Crippen LogP contribution in [0.25, 0.3) is 0 Å². The molecule has 0 bridgehead atoms. The molecule has 2 saturated carbocycles. The van der Waals surface area contributed by atoms with Crippen LogP contribution in [0.2, 0.25) is 0 Å². The molecule has 3 atom stereocenters. The van der Waals surface area contributed by atoms with Crippen LogP contribution in [0.15, 0.2) is 12.3 Å². The number of carbonyl (C=O) groups excluding carboxylic acids is 1. The van der Waals surface area contributed by atoms with E-state index in [0.717, 1.165) is 44.8 Å². The van der Waals surface area contributed by atoms with Crippen LogP contribution in [0.5, 0.6) is 0 Å². The van der Waals surface area contributed by atoms with E-state index in [9.17, 15) is 18.0 Å². The Morgan fingerprint density at radius 3 is 2.59 bits per heavy atom. The standard InChI is InChI=1S/C27H38F3N3O/c1-3-8-25(9-4-2)11-13-33(25)22-15-20-6-5-10-26(20,16-22)24(34)32-12-7-23-19(18-32)14-21(17-31-23)27(28,29)30/h14,17,20,22H,3-13,15-16,18H2,1-2H3/t20-,22+,26-/m1/s1. The Kier molecular flexibility index (Phi) is 6.23. The second-order valence-corrected chi connectivity index (χ2v) is 11.3. The van der Waals surface area contributed by atoms with Crippen molar-refractivity contribution in [3.8, 4) is 0 Å². The maximum Gasteiger partial charge on any atom is 0.417 e. The largest absolute Gasteiger partial charge is 0.417 e. The van der Waals surface area contributed by atoms with Gasteiger partial charge in [-0.25, -0.2) is 0 Å². The lowest BCUT2D eigenvalue weighted by Crippen LogP contribution is -2.63. The summed E-state index contributed by atoms with van der Waals surface area (Å²) >= 11 is 0. The average Bonchev–Trinajstić information content (AvgIpc) is 3.34. The number of alkyl halides is 3. The number of aromatic nitrogens is 1. The van der Waals surface area contributed by atoms with Crippen LogP contribution in [0.4, 0.5) is 13.2 Å². The van der Waals surface area contributed by atoms with E-state index in [1.54, 1.807) is 0 Å². The monoisotopic (exact) mass is 477 g/mol. The highest BCUT2D eigenvalue weighted by atomic mass is 19.4. The van der Waals surface area contributed by atoms with Gasteiger partial charge in [0.1, 0.15) is 0 Å². The van der Waals surface area contributed by atoms with Crippen LogP contribution in [0.3, 0.4) is 0 Å². The fourth-order valence-electron chi connectivity index (χ4n) is 7.98. The molecular weight excluding hydrogens is 439 g/mol. The van der Waals surface area contributed by atoms with E-state index < -0.39 is 11.7 Å². The number of halogens is 3. The van der Waals surface area contributed by atoms with Gasteiger partial charge in [0, 0.05) is 49.5 Å². The van der Waals surface area contributed by atoms with Gasteiger partial charge in [-0.15, -0.1) is 0 Å². The van der Waals surface area contributed by atoms with Gasteiger partial charge in [-0.05, 0) is 62.5 Å². The zero-order valence-electron chi connectivity index (χ0n) is 20.6. The second kappa shape index (κ2) is 8.79. The molecular formula is C27H38F3N3O. The molecule has 0 spiro atoms. The highest BCUT2D eigenvalue weighted by molar-refractivity contribution is 5.84. The molecule has 0 radical (unpaired) electrons. The number of hydrogen-bond acceptors (Lipinski definition) is 3. The van der Waals surface area contributed by atoms with Crippen molar-refractivity contribution < 1.29 is 18.0 Å². The molecule has 1 amide bonds. The minimum atomic E-state index is -4.41. The first kappa shape index (κ1) is 24.1. The number of amides is 1. The molecule has 0 N–H and O–H groups in total. The van der Waals surface area contributed by atoms with E-state index in [0.29, 0.717) is 41.7 Å². The summed E-state index contributed by atoms with van der Waals surface area (Å²) in [6.07, 6.45) is 8.33. The van der Waals surface area contributed by atoms with E-state index >= 15 is 0 Å². The smallest absolute Gasteiger partial charge is 0.337 e. The van der Waals surface area contributed by atoms with Crippen molar-refractivity contribution in [2.24, 2.45) is 11.3 Å². The normalized spacial score (nSPS) is 30.7. The summed E-state index contributed by atoms with van der Waals surface area (Å²) in [5, 5.41) is 0. The van der Waals surface area contributed by atoms with Crippen molar-refractivity contribution in [3.05, 3.63) is 29.1 Å². The van der Waals surface area contributed by atoms with Crippen molar-refractivity contribution in [3.63, 3.8) is 0 Å².